The number of nitrogens with zero attached hydrogens (tertiary/aromatic N) is 5. The van der Waals surface area contributed by atoms with Gasteiger partial charge in [-0.2, -0.15) is 4.31 Å². The average molecular weight is 393 g/mol. The summed E-state index contributed by atoms with van der Waals surface area (Å²) >= 11 is 0. The first-order valence-electron chi connectivity index (χ1n) is 9.23. The second-order valence-corrected chi connectivity index (χ2v) is 9.41. The predicted molar refractivity (Wildman–Crippen MR) is 98.2 cm³/mol. The molecule has 0 saturated carbocycles. The van der Waals surface area contributed by atoms with E-state index < -0.39 is 15.8 Å². The Bertz CT molecular complexity index is 959. The number of hydrogen-bond donors (Lipinski definition) is 0. The summed E-state index contributed by atoms with van der Waals surface area (Å²) in [6.07, 6.45) is 2.22. The van der Waals surface area contributed by atoms with E-state index in [-0.39, 0.29) is 11.4 Å². The van der Waals surface area contributed by atoms with E-state index in [9.17, 15) is 12.8 Å². The lowest BCUT2D eigenvalue weighted by molar-refractivity contribution is 0.239. The maximum absolute atomic E-state index is 13.5. The minimum atomic E-state index is -3.69. The molecule has 146 valence electrons. The molecule has 1 saturated heterocycles. The van der Waals surface area contributed by atoms with Gasteiger partial charge in [0.2, 0.25) is 10.0 Å². The van der Waals surface area contributed by atoms with Crippen LogP contribution in [0.2, 0.25) is 0 Å². The van der Waals surface area contributed by atoms with Gasteiger partial charge in [-0.25, -0.2) is 12.8 Å². The fourth-order valence-electron chi connectivity index (χ4n) is 3.97. The molecule has 1 atom stereocenters. The summed E-state index contributed by atoms with van der Waals surface area (Å²) in [6.45, 7) is 4.70. The Hall–Kier alpha value is -1.84. The third kappa shape index (κ3) is 3.39. The number of halogens is 1. The third-order valence-electron chi connectivity index (χ3n) is 5.50. The van der Waals surface area contributed by atoms with Crippen LogP contribution in [0.4, 0.5) is 4.39 Å². The second kappa shape index (κ2) is 6.96. The minimum absolute atomic E-state index is 0.114. The molecule has 0 spiro atoms. The molecule has 1 fully saturated rings. The summed E-state index contributed by atoms with van der Waals surface area (Å²) in [7, 11) is -1.58. The SMILES string of the molecule is Cc1cc(S(=O)(=O)N2CCn3c(nnc3[C@@H]3CCCN(C)C3)C2)ccc1F. The highest BCUT2D eigenvalue weighted by atomic mass is 32.2. The zero-order valence-corrected chi connectivity index (χ0v) is 16.4. The van der Waals surface area contributed by atoms with Crippen LogP contribution in [0.3, 0.4) is 0 Å². The van der Waals surface area contributed by atoms with Crippen molar-refractivity contribution in [3.8, 4) is 0 Å². The van der Waals surface area contributed by atoms with Gasteiger partial charge >= 0.3 is 0 Å². The molecule has 1 aromatic heterocycles. The van der Waals surface area contributed by atoms with Gasteiger partial charge in [-0.15, -0.1) is 10.2 Å². The quantitative estimate of drug-likeness (QED) is 0.794. The van der Waals surface area contributed by atoms with Crippen LogP contribution in [0.1, 0.15) is 36.0 Å². The summed E-state index contributed by atoms with van der Waals surface area (Å²) < 4.78 is 42.9. The molecule has 0 amide bonds. The monoisotopic (exact) mass is 393 g/mol. The van der Waals surface area contributed by atoms with Crippen molar-refractivity contribution in [2.45, 2.75) is 43.7 Å². The molecule has 0 bridgehead atoms. The number of likely N-dealkylation sites (N-methyl/N-ethyl adjacent to an activating group) is 1. The number of hydrogen-bond acceptors (Lipinski definition) is 5. The van der Waals surface area contributed by atoms with E-state index in [1.54, 1.807) is 6.92 Å². The molecule has 0 unspecified atom stereocenters. The lowest BCUT2D eigenvalue weighted by Gasteiger charge is -2.31. The lowest BCUT2D eigenvalue weighted by Crippen LogP contribution is -2.39. The Morgan fingerprint density at radius 3 is 2.74 bits per heavy atom. The van der Waals surface area contributed by atoms with Gasteiger partial charge < -0.3 is 9.47 Å². The van der Waals surface area contributed by atoms with E-state index in [0.29, 0.717) is 30.4 Å². The van der Waals surface area contributed by atoms with Crippen LogP contribution in [0.25, 0.3) is 0 Å². The van der Waals surface area contributed by atoms with Crippen LogP contribution in [0.5, 0.6) is 0 Å². The van der Waals surface area contributed by atoms with Crippen molar-refractivity contribution < 1.29 is 12.8 Å². The topological polar surface area (TPSA) is 71.3 Å². The minimum Gasteiger partial charge on any atom is -0.312 e. The Kier molecular flexibility index (Phi) is 4.77. The van der Waals surface area contributed by atoms with Gasteiger partial charge in [-0.3, -0.25) is 0 Å². The number of aromatic nitrogens is 3. The fraction of sp³-hybridized carbons (Fsp3) is 0.556. The molecule has 4 rings (SSSR count). The van der Waals surface area contributed by atoms with Gasteiger partial charge in [0, 0.05) is 25.6 Å². The molecule has 7 nitrogen and oxygen atoms in total. The van der Waals surface area contributed by atoms with Crippen molar-refractivity contribution in [3.63, 3.8) is 0 Å². The summed E-state index contributed by atoms with van der Waals surface area (Å²) in [5, 5.41) is 8.66. The van der Waals surface area contributed by atoms with Crippen LogP contribution in [-0.2, 0) is 23.1 Å². The lowest BCUT2D eigenvalue weighted by atomic mass is 9.97. The number of likely N-dealkylation sites (tertiary alicyclic amines) is 1. The Labute approximate surface area is 158 Å². The Morgan fingerprint density at radius 1 is 1.19 bits per heavy atom. The molecular formula is C18H24FN5O2S. The molecule has 2 aromatic rings. The highest BCUT2D eigenvalue weighted by molar-refractivity contribution is 7.89. The van der Waals surface area contributed by atoms with E-state index in [0.717, 1.165) is 31.8 Å². The van der Waals surface area contributed by atoms with Crippen molar-refractivity contribution in [3.05, 3.63) is 41.2 Å². The van der Waals surface area contributed by atoms with Crippen LogP contribution in [0.15, 0.2) is 23.1 Å². The molecule has 1 aromatic carbocycles. The summed E-state index contributed by atoms with van der Waals surface area (Å²) in [5.74, 6) is 1.57. The van der Waals surface area contributed by atoms with Gasteiger partial charge in [0.05, 0.1) is 11.4 Å². The van der Waals surface area contributed by atoms with Crippen molar-refractivity contribution in [2.24, 2.45) is 0 Å². The summed E-state index contributed by atoms with van der Waals surface area (Å²) in [6, 6.07) is 3.90. The number of piperidine rings is 1. The summed E-state index contributed by atoms with van der Waals surface area (Å²) in [5.41, 5.74) is 0.319. The number of fused-ring (bicyclic) bond motifs is 1. The Balaban J connectivity index is 1.57. The van der Waals surface area contributed by atoms with Gasteiger partial charge in [-0.1, -0.05) is 0 Å². The highest BCUT2D eigenvalue weighted by Gasteiger charge is 2.33. The third-order valence-corrected chi connectivity index (χ3v) is 7.34. The molecule has 3 heterocycles. The number of sulfonamides is 1. The molecule has 27 heavy (non-hydrogen) atoms. The largest absolute Gasteiger partial charge is 0.312 e. The van der Waals surface area contributed by atoms with Crippen molar-refractivity contribution in [1.82, 2.24) is 24.0 Å². The first-order chi connectivity index (χ1) is 12.9. The standard InChI is InChI=1S/C18H24FN5O2S/c1-13-10-15(5-6-16(13)19)27(25,26)23-8-9-24-17(12-23)20-21-18(24)14-4-3-7-22(2)11-14/h5-6,10,14H,3-4,7-9,11-12H2,1-2H3/t14-/m1/s1. The first kappa shape index (κ1) is 18.5. The van der Waals surface area contributed by atoms with E-state index in [1.165, 1.54) is 22.5 Å². The summed E-state index contributed by atoms with van der Waals surface area (Å²) in [4.78, 5) is 2.41. The highest BCUT2D eigenvalue weighted by Crippen LogP contribution is 2.28. The van der Waals surface area contributed by atoms with Gasteiger partial charge in [-0.05, 0) is 57.1 Å². The molecule has 0 radical (unpaired) electrons. The van der Waals surface area contributed by atoms with E-state index in [4.69, 9.17) is 0 Å². The molecule has 9 heteroatoms. The van der Waals surface area contributed by atoms with Crippen LogP contribution >= 0.6 is 0 Å². The molecular weight excluding hydrogens is 369 g/mol. The zero-order valence-electron chi connectivity index (χ0n) is 15.6. The van der Waals surface area contributed by atoms with Crippen molar-refractivity contribution in [1.29, 1.82) is 0 Å². The molecule has 0 aliphatic carbocycles. The smallest absolute Gasteiger partial charge is 0.243 e. The Morgan fingerprint density at radius 2 is 2.00 bits per heavy atom. The number of aryl methyl sites for hydroxylation is 1. The van der Waals surface area contributed by atoms with Gasteiger partial charge in [0.15, 0.2) is 0 Å². The molecule has 0 N–H and O–H groups in total. The zero-order chi connectivity index (χ0) is 19.2. The maximum atomic E-state index is 13.5. The van der Waals surface area contributed by atoms with Crippen molar-refractivity contribution >= 4 is 10.0 Å². The molecule has 2 aliphatic rings. The van der Waals surface area contributed by atoms with Crippen molar-refractivity contribution in [2.75, 3.05) is 26.7 Å². The average Bonchev–Trinajstić information content (AvgIpc) is 3.07. The van der Waals surface area contributed by atoms with Gasteiger partial charge in [0.1, 0.15) is 17.5 Å². The fourth-order valence-corrected chi connectivity index (χ4v) is 5.44. The van der Waals surface area contributed by atoms with E-state index in [1.807, 2.05) is 0 Å². The number of benzene rings is 1. The second-order valence-electron chi connectivity index (χ2n) is 7.48. The first-order valence-corrected chi connectivity index (χ1v) is 10.7. The van der Waals surface area contributed by atoms with Gasteiger partial charge in [0.25, 0.3) is 0 Å². The normalized spacial score (nSPS) is 22.0. The van der Waals surface area contributed by atoms with Crippen LogP contribution < -0.4 is 0 Å². The van der Waals surface area contributed by atoms with E-state index in [2.05, 4.69) is 26.7 Å². The maximum Gasteiger partial charge on any atom is 0.243 e. The predicted octanol–water partition coefficient (Wildman–Crippen LogP) is 1.74. The molecule has 2 aliphatic heterocycles. The number of rotatable bonds is 3. The van der Waals surface area contributed by atoms with E-state index >= 15 is 0 Å². The van der Waals surface area contributed by atoms with Crippen LogP contribution in [-0.4, -0.2) is 59.1 Å². The van der Waals surface area contributed by atoms with Crippen LogP contribution in [0, 0.1) is 12.7 Å².